The maximum atomic E-state index is 10.1. The third-order valence-electron chi connectivity index (χ3n) is 3.44. The number of hydrogen-bond donors (Lipinski definition) is 2. The molecule has 0 bridgehead atoms. The van der Waals surface area contributed by atoms with Gasteiger partial charge in [-0.1, -0.05) is 25.7 Å². The van der Waals surface area contributed by atoms with Crippen LogP contribution in [0.5, 0.6) is 0 Å². The van der Waals surface area contributed by atoms with E-state index in [1.165, 1.54) is 25.7 Å². The first-order valence-electron chi connectivity index (χ1n) is 5.86. The molecule has 0 radical (unpaired) electrons. The second-order valence-corrected chi connectivity index (χ2v) is 5.91. The zero-order chi connectivity index (χ0) is 9.80. The second kappa shape index (κ2) is 5.38. The zero-order valence-electron chi connectivity index (χ0n) is 8.74. The predicted molar refractivity (Wildman–Crippen MR) is 61.7 cm³/mol. The van der Waals surface area contributed by atoms with Crippen molar-refractivity contribution in [3.63, 3.8) is 0 Å². The van der Waals surface area contributed by atoms with E-state index in [0.717, 1.165) is 31.2 Å². The maximum Gasteiger partial charge on any atom is 0.0673 e. The van der Waals surface area contributed by atoms with Crippen molar-refractivity contribution in [2.24, 2.45) is 5.92 Å². The predicted octanol–water partition coefficient (Wildman–Crippen LogP) is 1.63. The summed E-state index contributed by atoms with van der Waals surface area (Å²) in [4.78, 5) is 0. The highest BCUT2D eigenvalue weighted by molar-refractivity contribution is 8.00. The SMILES string of the molecule is OC(CC1CCCC1)C1CNCCS1. The van der Waals surface area contributed by atoms with Gasteiger partial charge in [0.25, 0.3) is 0 Å². The molecule has 0 spiro atoms. The van der Waals surface area contributed by atoms with Gasteiger partial charge in [-0.15, -0.1) is 0 Å². The van der Waals surface area contributed by atoms with Crippen molar-refractivity contribution in [3.8, 4) is 0 Å². The van der Waals surface area contributed by atoms with Gasteiger partial charge in [-0.05, 0) is 12.3 Å². The Hall–Kier alpha value is 0.270. The van der Waals surface area contributed by atoms with Crippen molar-refractivity contribution in [3.05, 3.63) is 0 Å². The summed E-state index contributed by atoms with van der Waals surface area (Å²) in [6.07, 6.45) is 6.43. The molecule has 82 valence electrons. The molecule has 0 aromatic carbocycles. The number of nitrogens with one attached hydrogen (secondary N) is 1. The van der Waals surface area contributed by atoms with Gasteiger partial charge in [0.2, 0.25) is 0 Å². The number of rotatable bonds is 3. The molecular formula is C11H21NOS. The molecule has 3 heteroatoms. The van der Waals surface area contributed by atoms with Crippen LogP contribution in [0.1, 0.15) is 32.1 Å². The highest BCUT2D eigenvalue weighted by atomic mass is 32.2. The van der Waals surface area contributed by atoms with E-state index >= 15 is 0 Å². The molecule has 2 nitrogen and oxygen atoms in total. The summed E-state index contributed by atoms with van der Waals surface area (Å²) in [6.45, 7) is 2.11. The topological polar surface area (TPSA) is 32.3 Å². The third-order valence-corrected chi connectivity index (χ3v) is 4.78. The summed E-state index contributed by atoms with van der Waals surface area (Å²) in [5.74, 6) is 1.97. The molecule has 0 aromatic rings. The Morgan fingerprint density at radius 3 is 2.79 bits per heavy atom. The van der Waals surface area contributed by atoms with Crippen molar-refractivity contribution in [2.45, 2.75) is 43.5 Å². The van der Waals surface area contributed by atoms with Gasteiger partial charge in [0.15, 0.2) is 0 Å². The van der Waals surface area contributed by atoms with Crippen LogP contribution >= 0.6 is 11.8 Å². The fraction of sp³-hybridized carbons (Fsp3) is 1.00. The molecule has 1 aliphatic heterocycles. The van der Waals surface area contributed by atoms with Crippen molar-refractivity contribution in [1.29, 1.82) is 0 Å². The monoisotopic (exact) mass is 215 g/mol. The average molecular weight is 215 g/mol. The van der Waals surface area contributed by atoms with Crippen LogP contribution in [0.2, 0.25) is 0 Å². The zero-order valence-corrected chi connectivity index (χ0v) is 9.56. The molecular weight excluding hydrogens is 194 g/mol. The summed E-state index contributed by atoms with van der Waals surface area (Å²) in [7, 11) is 0. The van der Waals surface area contributed by atoms with E-state index in [-0.39, 0.29) is 6.10 Å². The Bertz CT molecular complexity index is 165. The standard InChI is InChI=1S/C11H21NOS/c13-10(7-9-3-1-2-4-9)11-8-12-5-6-14-11/h9-13H,1-8H2. The van der Waals surface area contributed by atoms with Gasteiger partial charge < -0.3 is 10.4 Å². The molecule has 0 aromatic heterocycles. The van der Waals surface area contributed by atoms with E-state index in [1.54, 1.807) is 0 Å². The molecule has 2 aliphatic rings. The van der Waals surface area contributed by atoms with Gasteiger partial charge in [-0.25, -0.2) is 0 Å². The number of hydrogen-bond acceptors (Lipinski definition) is 3. The Labute approximate surface area is 90.8 Å². The van der Waals surface area contributed by atoms with Gasteiger partial charge in [-0.2, -0.15) is 11.8 Å². The molecule has 1 heterocycles. The van der Waals surface area contributed by atoms with E-state index in [4.69, 9.17) is 0 Å². The normalized spacial score (nSPS) is 31.9. The van der Waals surface area contributed by atoms with Crippen LogP contribution in [0.15, 0.2) is 0 Å². The Morgan fingerprint density at radius 2 is 2.14 bits per heavy atom. The third kappa shape index (κ3) is 2.88. The molecule has 14 heavy (non-hydrogen) atoms. The first-order valence-corrected chi connectivity index (χ1v) is 6.91. The lowest BCUT2D eigenvalue weighted by molar-refractivity contribution is 0.138. The highest BCUT2D eigenvalue weighted by Gasteiger charge is 2.26. The average Bonchev–Trinajstić information content (AvgIpc) is 2.72. The van der Waals surface area contributed by atoms with Crippen molar-refractivity contribution < 1.29 is 5.11 Å². The molecule has 1 aliphatic carbocycles. The molecule has 2 rings (SSSR count). The molecule has 0 amide bonds. The molecule has 2 unspecified atom stereocenters. The summed E-state index contributed by atoms with van der Waals surface area (Å²) in [5, 5.41) is 13.9. The van der Waals surface area contributed by atoms with Crippen molar-refractivity contribution in [1.82, 2.24) is 5.32 Å². The number of aliphatic hydroxyl groups is 1. The fourth-order valence-corrected chi connectivity index (χ4v) is 3.71. The summed E-state index contributed by atoms with van der Waals surface area (Å²) < 4.78 is 0. The van der Waals surface area contributed by atoms with Crippen LogP contribution in [0.25, 0.3) is 0 Å². The summed E-state index contributed by atoms with van der Waals surface area (Å²) in [5.41, 5.74) is 0. The van der Waals surface area contributed by atoms with Gasteiger partial charge in [-0.3, -0.25) is 0 Å². The van der Waals surface area contributed by atoms with E-state index < -0.39 is 0 Å². The summed E-state index contributed by atoms with van der Waals surface area (Å²) >= 11 is 1.94. The first-order chi connectivity index (χ1) is 6.86. The lowest BCUT2D eigenvalue weighted by atomic mass is 9.98. The highest BCUT2D eigenvalue weighted by Crippen LogP contribution is 2.31. The van der Waals surface area contributed by atoms with Crippen molar-refractivity contribution >= 4 is 11.8 Å². The molecule has 2 fully saturated rings. The van der Waals surface area contributed by atoms with E-state index in [0.29, 0.717) is 5.25 Å². The van der Waals surface area contributed by atoms with Gasteiger partial charge in [0.05, 0.1) is 6.10 Å². The maximum absolute atomic E-state index is 10.1. The van der Waals surface area contributed by atoms with Gasteiger partial charge >= 0.3 is 0 Å². The van der Waals surface area contributed by atoms with Gasteiger partial charge in [0.1, 0.15) is 0 Å². The molecule has 2 atom stereocenters. The van der Waals surface area contributed by atoms with Crippen LogP contribution in [-0.4, -0.2) is 35.3 Å². The van der Waals surface area contributed by atoms with Crippen molar-refractivity contribution in [2.75, 3.05) is 18.8 Å². The Kier molecular flexibility index (Phi) is 4.14. The molecule has 1 saturated carbocycles. The van der Waals surface area contributed by atoms with Gasteiger partial charge in [0, 0.05) is 24.1 Å². The minimum absolute atomic E-state index is 0.0732. The minimum Gasteiger partial charge on any atom is -0.392 e. The molecule has 1 saturated heterocycles. The van der Waals surface area contributed by atoms with Crippen LogP contribution in [-0.2, 0) is 0 Å². The lowest BCUT2D eigenvalue weighted by Gasteiger charge is -2.28. The van der Waals surface area contributed by atoms with E-state index in [1.807, 2.05) is 11.8 Å². The molecule has 2 N–H and O–H groups in total. The lowest BCUT2D eigenvalue weighted by Crippen LogP contribution is -2.40. The number of aliphatic hydroxyl groups excluding tert-OH is 1. The Morgan fingerprint density at radius 1 is 1.36 bits per heavy atom. The van der Waals surface area contributed by atoms with Crippen LogP contribution in [0.3, 0.4) is 0 Å². The fourth-order valence-electron chi connectivity index (χ4n) is 2.57. The van der Waals surface area contributed by atoms with Crippen LogP contribution in [0.4, 0.5) is 0 Å². The van der Waals surface area contributed by atoms with Crippen LogP contribution in [0, 0.1) is 5.92 Å². The second-order valence-electron chi connectivity index (χ2n) is 4.57. The minimum atomic E-state index is -0.0732. The largest absolute Gasteiger partial charge is 0.392 e. The number of thioether (sulfide) groups is 1. The quantitative estimate of drug-likeness (QED) is 0.750. The van der Waals surface area contributed by atoms with Crippen LogP contribution < -0.4 is 5.32 Å². The smallest absolute Gasteiger partial charge is 0.0673 e. The first kappa shape index (κ1) is 10.8. The Balaban J connectivity index is 1.72. The van der Waals surface area contributed by atoms with E-state index in [2.05, 4.69) is 5.32 Å². The van der Waals surface area contributed by atoms with E-state index in [9.17, 15) is 5.11 Å². The summed E-state index contributed by atoms with van der Waals surface area (Å²) in [6, 6.07) is 0.